The first kappa shape index (κ1) is 14.5. The highest BCUT2D eigenvalue weighted by Crippen LogP contribution is 2.35. The monoisotopic (exact) mass is 286 g/mol. The van der Waals surface area contributed by atoms with Crippen LogP contribution in [0.2, 0.25) is 0 Å². The van der Waals surface area contributed by atoms with E-state index < -0.39 is 10.0 Å². The Morgan fingerprint density at radius 3 is 2.95 bits per heavy atom. The molecule has 2 rings (SSSR count). The van der Waals surface area contributed by atoms with Gasteiger partial charge in [-0.25, -0.2) is 13.1 Å². The quantitative estimate of drug-likeness (QED) is 0.772. The first-order chi connectivity index (χ1) is 8.84. The number of hydrogen-bond acceptors (Lipinski definition) is 4. The predicted molar refractivity (Wildman–Crippen MR) is 72.8 cm³/mol. The smallest absolute Gasteiger partial charge is 0.258 e. The maximum Gasteiger partial charge on any atom is 0.258 e. The minimum atomic E-state index is -3.56. The molecule has 1 aromatic heterocycles. The van der Waals surface area contributed by atoms with Crippen molar-refractivity contribution in [3.8, 4) is 0 Å². The number of nitrogens with one attached hydrogen (secondary N) is 2. The number of nitrogens with zero attached hydrogens (tertiary/aromatic N) is 1. The van der Waals surface area contributed by atoms with E-state index in [9.17, 15) is 8.42 Å². The molecule has 0 aliphatic heterocycles. The average Bonchev–Trinajstić information content (AvgIpc) is 2.75. The Hall–Kier alpha value is -0.920. The Bertz CT molecular complexity index is 536. The molecule has 108 valence electrons. The second-order valence-electron chi connectivity index (χ2n) is 6.01. The lowest BCUT2D eigenvalue weighted by molar-refractivity contribution is 0.212. The van der Waals surface area contributed by atoms with Crippen molar-refractivity contribution in [2.75, 3.05) is 0 Å². The van der Waals surface area contributed by atoms with E-state index in [1.54, 1.807) is 0 Å². The second-order valence-corrected chi connectivity index (χ2v) is 7.66. The molecule has 1 saturated carbocycles. The molecule has 0 saturated heterocycles. The van der Waals surface area contributed by atoms with E-state index in [1.165, 1.54) is 6.20 Å². The van der Waals surface area contributed by atoms with E-state index in [4.69, 9.17) is 5.73 Å². The van der Waals surface area contributed by atoms with Crippen LogP contribution in [0, 0.1) is 5.41 Å². The lowest BCUT2D eigenvalue weighted by Gasteiger charge is -2.35. The van der Waals surface area contributed by atoms with Crippen LogP contribution in [0.1, 0.15) is 45.1 Å². The molecule has 0 amide bonds. The molecule has 1 heterocycles. The summed E-state index contributed by atoms with van der Waals surface area (Å²) in [5, 5.41) is 6.38. The lowest BCUT2D eigenvalue weighted by atomic mass is 9.75. The van der Waals surface area contributed by atoms with Gasteiger partial charge >= 0.3 is 0 Å². The standard InChI is InChI=1S/C12H22N4O2S/c1-12(2)5-3-4-10(6-12)16-19(17,18)11-9(7-13)8-14-15-11/h8,10,16H,3-7,13H2,1-2H3,(H,14,15). The van der Waals surface area contributed by atoms with Gasteiger partial charge in [0.1, 0.15) is 0 Å². The molecule has 1 unspecified atom stereocenters. The number of aromatic nitrogens is 2. The summed E-state index contributed by atoms with van der Waals surface area (Å²) >= 11 is 0. The zero-order valence-corrected chi connectivity index (χ0v) is 12.3. The molecular weight excluding hydrogens is 264 g/mol. The SMILES string of the molecule is CC1(C)CCCC(NS(=O)(=O)c2[nH]ncc2CN)C1. The van der Waals surface area contributed by atoms with Gasteiger partial charge in [0.05, 0.1) is 6.20 Å². The molecular formula is C12H22N4O2S. The van der Waals surface area contributed by atoms with Gasteiger partial charge < -0.3 is 5.73 Å². The van der Waals surface area contributed by atoms with Crippen molar-refractivity contribution in [2.24, 2.45) is 11.1 Å². The van der Waals surface area contributed by atoms with Crippen molar-refractivity contribution in [3.63, 3.8) is 0 Å². The Labute approximate surface area is 114 Å². The number of sulfonamides is 1. The summed E-state index contributed by atoms with van der Waals surface area (Å²) in [5.74, 6) is 0. The molecule has 1 aliphatic rings. The van der Waals surface area contributed by atoms with Crippen molar-refractivity contribution in [1.29, 1.82) is 0 Å². The van der Waals surface area contributed by atoms with Crippen LogP contribution in [0.15, 0.2) is 11.2 Å². The van der Waals surface area contributed by atoms with Crippen LogP contribution in [-0.4, -0.2) is 24.7 Å². The predicted octanol–water partition coefficient (Wildman–Crippen LogP) is 1.12. The molecule has 7 heteroatoms. The number of hydrogen-bond donors (Lipinski definition) is 3. The molecule has 1 atom stereocenters. The minimum absolute atomic E-state index is 0.0114. The Morgan fingerprint density at radius 1 is 1.58 bits per heavy atom. The molecule has 0 spiro atoms. The molecule has 0 aromatic carbocycles. The number of rotatable bonds is 4. The van der Waals surface area contributed by atoms with Gasteiger partial charge in [0.25, 0.3) is 10.0 Å². The molecule has 1 aromatic rings. The second kappa shape index (κ2) is 5.22. The van der Waals surface area contributed by atoms with E-state index in [1.807, 2.05) is 0 Å². The highest BCUT2D eigenvalue weighted by atomic mass is 32.2. The highest BCUT2D eigenvalue weighted by molar-refractivity contribution is 7.89. The summed E-state index contributed by atoms with van der Waals surface area (Å²) < 4.78 is 27.4. The van der Waals surface area contributed by atoms with Crippen LogP contribution < -0.4 is 10.5 Å². The Morgan fingerprint density at radius 2 is 2.32 bits per heavy atom. The van der Waals surface area contributed by atoms with Gasteiger partial charge in [-0.1, -0.05) is 20.3 Å². The molecule has 4 N–H and O–H groups in total. The van der Waals surface area contributed by atoms with Crippen LogP contribution in [-0.2, 0) is 16.6 Å². The first-order valence-corrected chi connectivity index (χ1v) is 8.07. The van der Waals surface area contributed by atoms with Crippen molar-refractivity contribution >= 4 is 10.0 Å². The summed E-state index contributed by atoms with van der Waals surface area (Å²) in [6.07, 6.45) is 5.39. The largest absolute Gasteiger partial charge is 0.326 e. The number of H-pyrrole nitrogens is 1. The topological polar surface area (TPSA) is 101 Å². The van der Waals surface area contributed by atoms with Crippen molar-refractivity contribution in [1.82, 2.24) is 14.9 Å². The Kier molecular flexibility index (Phi) is 3.98. The van der Waals surface area contributed by atoms with Gasteiger partial charge in [-0.2, -0.15) is 5.10 Å². The van der Waals surface area contributed by atoms with Crippen LogP contribution in [0.25, 0.3) is 0 Å². The number of nitrogens with two attached hydrogens (primary N) is 1. The number of aromatic amines is 1. The molecule has 0 bridgehead atoms. The highest BCUT2D eigenvalue weighted by Gasteiger charge is 2.31. The summed E-state index contributed by atoms with van der Waals surface area (Å²) in [7, 11) is -3.56. The minimum Gasteiger partial charge on any atom is -0.326 e. The van der Waals surface area contributed by atoms with Crippen LogP contribution in [0.5, 0.6) is 0 Å². The maximum absolute atomic E-state index is 12.3. The van der Waals surface area contributed by atoms with Crippen LogP contribution in [0.3, 0.4) is 0 Å². The zero-order chi connectivity index (χ0) is 14.1. The fourth-order valence-corrected chi connectivity index (χ4v) is 4.17. The van der Waals surface area contributed by atoms with E-state index >= 15 is 0 Å². The summed E-state index contributed by atoms with van der Waals surface area (Å²) in [5.41, 5.74) is 6.22. The first-order valence-electron chi connectivity index (χ1n) is 6.59. The Balaban J connectivity index is 2.14. The van der Waals surface area contributed by atoms with Gasteiger partial charge in [-0.3, -0.25) is 5.10 Å². The van der Waals surface area contributed by atoms with Gasteiger partial charge in [0.2, 0.25) is 0 Å². The van der Waals surface area contributed by atoms with Crippen molar-refractivity contribution in [2.45, 2.75) is 57.1 Å². The normalized spacial score (nSPS) is 23.4. The summed E-state index contributed by atoms with van der Waals surface area (Å²) in [6, 6.07) is -0.0114. The third kappa shape index (κ3) is 3.34. The van der Waals surface area contributed by atoms with Crippen LogP contribution >= 0.6 is 0 Å². The molecule has 6 nitrogen and oxygen atoms in total. The fraction of sp³-hybridized carbons (Fsp3) is 0.750. The van der Waals surface area contributed by atoms with Gasteiger partial charge in [0.15, 0.2) is 5.03 Å². The van der Waals surface area contributed by atoms with Crippen molar-refractivity contribution < 1.29 is 8.42 Å². The molecule has 19 heavy (non-hydrogen) atoms. The van der Waals surface area contributed by atoms with E-state index in [0.717, 1.165) is 25.7 Å². The van der Waals surface area contributed by atoms with Gasteiger partial charge in [0, 0.05) is 18.2 Å². The molecule has 1 fully saturated rings. The van der Waals surface area contributed by atoms with Gasteiger partial charge in [-0.15, -0.1) is 0 Å². The summed E-state index contributed by atoms with van der Waals surface area (Å²) in [4.78, 5) is 0. The van der Waals surface area contributed by atoms with Crippen molar-refractivity contribution in [3.05, 3.63) is 11.8 Å². The summed E-state index contributed by atoms with van der Waals surface area (Å²) in [6.45, 7) is 4.51. The maximum atomic E-state index is 12.3. The molecule has 1 aliphatic carbocycles. The third-order valence-corrected chi connectivity index (χ3v) is 5.23. The van der Waals surface area contributed by atoms with E-state index in [0.29, 0.717) is 5.56 Å². The van der Waals surface area contributed by atoms with E-state index in [-0.39, 0.29) is 23.0 Å². The third-order valence-electron chi connectivity index (χ3n) is 3.69. The average molecular weight is 286 g/mol. The van der Waals surface area contributed by atoms with E-state index in [2.05, 4.69) is 28.8 Å². The lowest BCUT2D eigenvalue weighted by Crippen LogP contribution is -2.41. The van der Waals surface area contributed by atoms with Crippen LogP contribution in [0.4, 0.5) is 0 Å². The fourth-order valence-electron chi connectivity index (χ4n) is 2.75. The zero-order valence-electron chi connectivity index (χ0n) is 11.4. The molecule has 0 radical (unpaired) electrons. The van der Waals surface area contributed by atoms with Gasteiger partial charge in [-0.05, 0) is 24.7 Å².